The van der Waals surface area contributed by atoms with Gasteiger partial charge in [0.15, 0.2) is 0 Å². The predicted molar refractivity (Wildman–Crippen MR) is 75.5 cm³/mol. The van der Waals surface area contributed by atoms with Crippen LogP contribution in [0.3, 0.4) is 0 Å². The van der Waals surface area contributed by atoms with Crippen LogP contribution < -0.4 is 5.32 Å². The number of hydrogen-bond acceptors (Lipinski definition) is 4. The zero-order valence-corrected chi connectivity index (χ0v) is 11.9. The van der Waals surface area contributed by atoms with Gasteiger partial charge in [0.05, 0.1) is 15.1 Å². The maximum Gasteiger partial charge on any atom is 0.294 e. The lowest BCUT2D eigenvalue weighted by Gasteiger charge is -2.02. The van der Waals surface area contributed by atoms with E-state index >= 15 is 0 Å². The quantitative estimate of drug-likeness (QED) is 0.676. The van der Waals surface area contributed by atoms with Crippen LogP contribution in [0, 0.1) is 10.1 Å². The molecule has 0 aliphatic rings. The van der Waals surface area contributed by atoms with Crippen molar-refractivity contribution in [1.82, 2.24) is 15.1 Å². The average molecular weight is 325 g/mol. The van der Waals surface area contributed by atoms with Crippen molar-refractivity contribution in [2.24, 2.45) is 0 Å². The van der Waals surface area contributed by atoms with Gasteiger partial charge < -0.3 is 5.32 Å². The Morgan fingerprint density at radius 3 is 2.89 bits per heavy atom. The molecule has 0 amide bonds. The number of halogens is 1. The van der Waals surface area contributed by atoms with Crippen molar-refractivity contribution >= 4 is 21.6 Å². The summed E-state index contributed by atoms with van der Waals surface area (Å²) in [5.41, 5.74) is 1.37. The summed E-state index contributed by atoms with van der Waals surface area (Å²) in [7, 11) is 1.87. The Kier molecular flexibility index (Phi) is 4.28. The molecule has 0 aliphatic heterocycles. The number of nitro benzene ring substituents is 1. The molecule has 1 aromatic carbocycles. The Hall–Kier alpha value is -1.73. The normalized spacial score (nSPS) is 10.6. The van der Waals surface area contributed by atoms with E-state index in [9.17, 15) is 10.1 Å². The summed E-state index contributed by atoms with van der Waals surface area (Å²) in [6.07, 6.45) is 2.50. The lowest BCUT2D eigenvalue weighted by Crippen LogP contribution is -2.11. The van der Waals surface area contributed by atoms with E-state index in [1.165, 1.54) is 10.7 Å². The molecule has 1 aromatic heterocycles. The maximum atomic E-state index is 11.0. The topological polar surface area (TPSA) is 73.0 Å². The van der Waals surface area contributed by atoms with Crippen LogP contribution >= 0.6 is 15.9 Å². The number of para-hydroxylation sites is 2. The fraction of sp³-hybridized carbons (Fsp3) is 0.250. The molecule has 7 heteroatoms. The highest BCUT2D eigenvalue weighted by Gasteiger charge is 2.16. The number of rotatable bonds is 5. The molecule has 6 nitrogen and oxygen atoms in total. The van der Waals surface area contributed by atoms with Crippen LogP contribution in [0.4, 0.5) is 5.69 Å². The van der Waals surface area contributed by atoms with Gasteiger partial charge in [-0.05, 0) is 29.0 Å². The number of likely N-dealkylation sites (N-methyl/N-ethyl adjacent to an activating group) is 1. The Morgan fingerprint density at radius 1 is 1.47 bits per heavy atom. The molecule has 0 spiro atoms. The average Bonchev–Trinajstić information content (AvgIpc) is 2.77. The first-order valence-corrected chi connectivity index (χ1v) is 6.55. The molecule has 2 rings (SSSR count). The summed E-state index contributed by atoms with van der Waals surface area (Å²) in [5, 5.41) is 18.4. The molecule has 1 N–H and O–H groups in total. The van der Waals surface area contributed by atoms with Crippen molar-refractivity contribution in [1.29, 1.82) is 0 Å². The van der Waals surface area contributed by atoms with Crippen LogP contribution in [-0.2, 0) is 6.42 Å². The van der Waals surface area contributed by atoms with E-state index in [2.05, 4.69) is 26.3 Å². The van der Waals surface area contributed by atoms with Gasteiger partial charge in [-0.25, -0.2) is 4.68 Å². The smallest absolute Gasteiger partial charge is 0.294 e. The van der Waals surface area contributed by atoms with Gasteiger partial charge in [-0.15, -0.1) is 0 Å². The second kappa shape index (κ2) is 5.94. The standard InChI is InChI=1S/C12H13BrN4O2/c1-14-7-6-10-9(13)8-16(15-10)11-4-2-3-5-12(11)17(18)19/h2-5,8,14H,6-7H2,1H3. The third-order valence-electron chi connectivity index (χ3n) is 2.68. The number of nitro groups is 1. The lowest BCUT2D eigenvalue weighted by atomic mass is 10.3. The third kappa shape index (κ3) is 2.99. The Balaban J connectivity index is 2.40. The van der Waals surface area contributed by atoms with Crippen LogP contribution in [0.25, 0.3) is 5.69 Å². The van der Waals surface area contributed by atoms with E-state index in [0.29, 0.717) is 5.69 Å². The first-order valence-electron chi connectivity index (χ1n) is 5.76. The number of hydrogen-bond donors (Lipinski definition) is 1. The number of benzene rings is 1. The molecule has 2 aromatic rings. The zero-order valence-electron chi connectivity index (χ0n) is 10.3. The molecular weight excluding hydrogens is 312 g/mol. The Bertz CT molecular complexity index is 597. The largest absolute Gasteiger partial charge is 0.319 e. The van der Waals surface area contributed by atoms with E-state index in [1.807, 2.05) is 7.05 Å². The van der Waals surface area contributed by atoms with Crippen molar-refractivity contribution in [3.63, 3.8) is 0 Å². The Labute approximate surface area is 118 Å². The molecule has 0 radical (unpaired) electrons. The summed E-state index contributed by atoms with van der Waals surface area (Å²) >= 11 is 3.43. The van der Waals surface area contributed by atoms with Crippen LogP contribution in [-0.4, -0.2) is 28.3 Å². The minimum atomic E-state index is -0.405. The first kappa shape index (κ1) is 13.7. The van der Waals surface area contributed by atoms with E-state index in [0.717, 1.165) is 23.1 Å². The fourth-order valence-corrected chi connectivity index (χ4v) is 2.21. The summed E-state index contributed by atoms with van der Waals surface area (Å²) < 4.78 is 2.38. The highest BCUT2D eigenvalue weighted by Crippen LogP contribution is 2.24. The molecule has 0 aliphatic carbocycles. The van der Waals surface area contributed by atoms with Crippen molar-refractivity contribution in [2.75, 3.05) is 13.6 Å². The molecule has 0 fully saturated rings. The number of nitrogens with zero attached hydrogens (tertiary/aromatic N) is 3. The summed E-state index contributed by atoms with van der Waals surface area (Å²) in [4.78, 5) is 10.6. The van der Waals surface area contributed by atoms with E-state index < -0.39 is 4.92 Å². The molecule has 0 saturated heterocycles. The van der Waals surface area contributed by atoms with Gasteiger partial charge in [-0.3, -0.25) is 10.1 Å². The van der Waals surface area contributed by atoms with Crippen molar-refractivity contribution in [3.8, 4) is 5.69 Å². The molecule has 1 heterocycles. The lowest BCUT2D eigenvalue weighted by molar-refractivity contribution is -0.384. The van der Waals surface area contributed by atoms with Gasteiger partial charge in [-0.2, -0.15) is 5.10 Å². The van der Waals surface area contributed by atoms with Gasteiger partial charge in [0.25, 0.3) is 5.69 Å². The molecule has 0 atom stereocenters. The Morgan fingerprint density at radius 2 is 2.21 bits per heavy atom. The monoisotopic (exact) mass is 324 g/mol. The maximum absolute atomic E-state index is 11.0. The third-order valence-corrected chi connectivity index (χ3v) is 3.34. The van der Waals surface area contributed by atoms with E-state index in [1.54, 1.807) is 24.4 Å². The zero-order chi connectivity index (χ0) is 13.8. The van der Waals surface area contributed by atoms with Gasteiger partial charge >= 0.3 is 0 Å². The number of aromatic nitrogens is 2. The molecule has 0 unspecified atom stereocenters. The van der Waals surface area contributed by atoms with Gasteiger partial charge in [-0.1, -0.05) is 12.1 Å². The van der Waals surface area contributed by atoms with E-state index in [4.69, 9.17) is 0 Å². The summed E-state index contributed by atoms with van der Waals surface area (Å²) in [6.45, 7) is 0.798. The van der Waals surface area contributed by atoms with Gasteiger partial charge in [0.2, 0.25) is 0 Å². The highest BCUT2D eigenvalue weighted by atomic mass is 79.9. The molecule has 19 heavy (non-hydrogen) atoms. The van der Waals surface area contributed by atoms with Crippen molar-refractivity contribution in [3.05, 3.63) is 50.7 Å². The first-order chi connectivity index (χ1) is 9.13. The fourth-order valence-electron chi connectivity index (χ4n) is 1.74. The minimum absolute atomic E-state index is 0.0395. The molecule has 0 saturated carbocycles. The predicted octanol–water partition coefficient (Wildman–Crippen LogP) is 2.30. The summed E-state index contributed by atoms with van der Waals surface area (Å²) in [6, 6.07) is 6.55. The van der Waals surface area contributed by atoms with Crippen molar-refractivity contribution in [2.45, 2.75) is 6.42 Å². The number of nitrogens with one attached hydrogen (secondary N) is 1. The summed E-state index contributed by atoms with van der Waals surface area (Å²) in [5.74, 6) is 0. The van der Waals surface area contributed by atoms with E-state index in [-0.39, 0.29) is 5.69 Å². The second-order valence-electron chi connectivity index (χ2n) is 3.97. The van der Waals surface area contributed by atoms with Crippen LogP contribution in [0.15, 0.2) is 34.9 Å². The minimum Gasteiger partial charge on any atom is -0.319 e. The molecule has 100 valence electrons. The van der Waals surface area contributed by atoms with Gasteiger partial charge in [0.1, 0.15) is 5.69 Å². The van der Waals surface area contributed by atoms with Crippen LogP contribution in [0.1, 0.15) is 5.69 Å². The second-order valence-corrected chi connectivity index (χ2v) is 4.82. The molecular formula is C12H13BrN4O2. The van der Waals surface area contributed by atoms with Crippen LogP contribution in [0.5, 0.6) is 0 Å². The molecule has 0 bridgehead atoms. The highest BCUT2D eigenvalue weighted by molar-refractivity contribution is 9.10. The van der Waals surface area contributed by atoms with Crippen molar-refractivity contribution < 1.29 is 4.92 Å². The SMILES string of the molecule is CNCCc1nn(-c2ccccc2[N+](=O)[O-])cc1Br. The van der Waals surface area contributed by atoms with Crippen LogP contribution in [0.2, 0.25) is 0 Å². The van der Waals surface area contributed by atoms with Gasteiger partial charge in [0, 0.05) is 25.2 Å².